The normalized spacial score (nSPS) is 19.7. The summed E-state index contributed by atoms with van der Waals surface area (Å²) in [6.45, 7) is 6.90. The standard InChI is InChI=1S/C24H39N3O8/c1-4-7-26(8-5-2)23(33)17-11-15(3)10-16(12-17)22(32)25-35-14-19(29)20(30)21(31)24(34)27-9-6-18(28)13-27/h10-12,18-21,24,28-31,34H,4-9,13-14H2,1-3H3,(H,25,32)/t18-,19+,20-,21-,24?/m1/s1. The number of rotatable bonds is 13. The Morgan fingerprint density at radius 2 is 1.71 bits per heavy atom. The van der Waals surface area contributed by atoms with Crippen LogP contribution in [0, 0.1) is 6.92 Å². The lowest BCUT2D eigenvalue weighted by Crippen LogP contribution is -2.52. The molecule has 1 aliphatic rings. The topological polar surface area (TPSA) is 163 Å². The molecule has 35 heavy (non-hydrogen) atoms. The molecule has 0 radical (unpaired) electrons. The molecule has 1 aromatic rings. The zero-order chi connectivity index (χ0) is 26.1. The summed E-state index contributed by atoms with van der Waals surface area (Å²) in [4.78, 5) is 33.6. The van der Waals surface area contributed by atoms with Gasteiger partial charge >= 0.3 is 0 Å². The number of hydrogen-bond acceptors (Lipinski definition) is 9. The number of hydrogen-bond donors (Lipinski definition) is 6. The zero-order valence-corrected chi connectivity index (χ0v) is 20.6. The largest absolute Gasteiger partial charge is 0.392 e. The number of aryl methyl sites for hydroxylation is 1. The predicted molar refractivity (Wildman–Crippen MR) is 127 cm³/mol. The van der Waals surface area contributed by atoms with E-state index in [9.17, 15) is 35.1 Å². The molecule has 11 heteroatoms. The number of nitrogens with one attached hydrogen (secondary N) is 1. The van der Waals surface area contributed by atoms with E-state index in [1.54, 1.807) is 24.0 Å². The maximum atomic E-state index is 12.9. The fraction of sp³-hybridized carbons (Fsp3) is 0.667. The minimum Gasteiger partial charge on any atom is -0.392 e. The quantitative estimate of drug-likeness (QED) is 0.195. The van der Waals surface area contributed by atoms with Gasteiger partial charge in [0.25, 0.3) is 11.8 Å². The summed E-state index contributed by atoms with van der Waals surface area (Å²) >= 11 is 0. The molecule has 2 amide bonds. The van der Waals surface area contributed by atoms with Gasteiger partial charge in [0.2, 0.25) is 0 Å². The number of aliphatic hydroxyl groups excluding tert-OH is 5. The number of carbonyl (C=O) groups excluding carboxylic acids is 2. The lowest BCUT2D eigenvalue weighted by atomic mass is 10.0. The molecule has 0 aliphatic carbocycles. The Kier molecular flexibility index (Phi) is 11.5. The highest BCUT2D eigenvalue weighted by molar-refractivity contribution is 5.99. The van der Waals surface area contributed by atoms with Gasteiger partial charge < -0.3 is 30.4 Å². The molecule has 11 nitrogen and oxygen atoms in total. The van der Waals surface area contributed by atoms with Crippen molar-refractivity contribution in [3.8, 4) is 0 Å². The van der Waals surface area contributed by atoms with Gasteiger partial charge in [0.05, 0.1) is 6.10 Å². The Morgan fingerprint density at radius 1 is 1.09 bits per heavy atom. The molecule has 2 rings (SSSR count). The Bertz CT molecular complexity index is 833. The molecule has 1 unspecified atom stereocenters. The summed E-state index contributed by atoms with van der Waals surface area (Å²) in [7, 11) is 0. The summed E-state index contributed by atoms with van der Waals surface area (Å²) in [6.07, 6.45) is -5.12. The SMILES string of the molecule is CCCN(CCC)C(=O)c1cc(C)cc(C(=O)NOC[C@H](O)[C@@H](O)[C@@H](O)C(O)N2CC[C@@H](O)C2)c1. The number of benzene rings is 1. The van der Waals surface area contributed by atoms with Crippen LogP contribution >= 0.6 is 0 Å². The van der Waals surface area contributed by atoms with E-state index in [4.69, 9.17) is 4.84 Å². The fourth-order valence-electron chi connectivity index (χ4n) is 4.05. The van der Waals surface area contributed by atoms with Crippen molar-refractivity contribution in [3.05, 3.63) is 34.9 Å². The summed E-state index contributed by atoms with van der Waals surface area (Å²) in [5.74, 6) is -0.808. The van der Waals surface area contributed by atoms with Crippen LogP contribution in [0.2, 0.25) is 0 Å². The van der Waals surface area contributed by atoms with Crippen LogP contribution in [0.15, 0.2) is 18.2 Å². The molecule has 0 aromatic heterocycles. The highest BCUT2D eigenvalue weighted by atomic mass is 16.7. The van der Waals surface area contributed by atoms with Gasteiger partial charge in [-0.3, -0.25) is 19.3 Å². The first kappa shape index (κ1) is 29.1. The Hall–Kier alpha value is -2.12. The van der Waals surface area contributed by atoms with E-state index in [-0.39, 0.29) is 18.0 Å². The van der Waals surface area contributed by atoms with Gasteiger partial charge in [-0.1, -0.05) is 13.8 Å². The van der Waals surface area contributed by atoms with Gasteiger partial charge in [-0.05, 0) is 49.9 Å². The second kappa shape index (κ2) is 13.8. The third kappa shape index (κ3) is 8.21. The summed E-state index contributed by atoms with van der Waals surface area (Å²) < 4.78 is 0. The molecule has 0 bridgehead atoms. The van der Waals surface area contributed by atoms with Crippen LogP contribution in [0.1, 0.15) is 59.4 Å². The maximum absolute atomic E-state index is 12.9. The van der Waals surface area contributed by atoms with Crippen molar-refractivity contribution < 1.29 is 40.0 Å². The number of nitrogens with zero attached hydrogens (tertiary/aromatic N) is 2. The number of hydroxylamine groups is 1. The van der Waals surface area contributed by atoms with E-state index in [0.717, 1.165) is 12.8 Å². The maximum Gasteiger partial charge on any atom is 0.274 e. The third-order valence-corrected chi connectivity index (χ3v) is 5.90. The van der Waals surface area contributed by atoms with Crippen molar-refractivity contribution in [1.29, 1.82) is 0 Å². The monoisotopic (exact) mass is 497 g/mol. The van der Waals surface area contributed by atoms with Gasteiger partial charge in [0.15, 0.2) is 0 Å². The molecular formula is C24H39N3O8. The van der Waals surface area contributed by atoms with E-state index in [1.807, 2.05) is 13.8 Å². The van der Waals surface area contributed by atoms with E-state index in [0.29, 0.717) is 37.2 Å². The van der Waals surface area contributed by atoms with Crippen molar-refractivity contribution in [2.45, 2.75) is 70.7 Å². The molecule has 1 aliphatic heterocycles. The smallest absolute Gasteiger partial charge is 0.274 e. The Morgan fingerprint density at radius 3 is 2.29 bits per heavy atom. The van der Waals surface area contributed by atoms with Gasteiger partial charge in [0, 0.05) is 37.3 Å². The van der Waals surface area contributed by atoms with Crippen LogP contribution in [0.25, 0.3) is 0 Å². The number of aliphatic hydroxyl groups is 5. The van der Waals surface area contributed by atoms with Crippen LogP contribution < -0.4 is 5.48 Å². The molecule has 1 heterocycles. The number of β-amino-alcohol motifs (C(OH)–C–C–N with tert-alkyl or cyclic N) is 1. The van der Waals surface area contributed by atoms with E-state index >= 15 is 0 Å². The van der Waals surface area contributed by atoms with Crippen LogP contribution in [-0.4, -0.2) is 111 Å². The first-order valence-electron chi connectivity index (χ1n) is 12.1. The molecule has 6 N–H and O–H groups in total. The second-order valence-electron chi connectivity index (χ2n) is 9.02. The molecule has 198 valence electrons. The minimum atomic E-state index is -1.76. The highest BCUT2D eigenvalue weighted by Gasteiger charge is 2.36. The first-order valence-corrected chi connectivity index (χ1v) is 12.1. The molecular weight excluding hydrogens is 458 g/mol. The lowest BCUT2D eigenvalue weighted by molar-refractivity contribution is -0.159. The number of likely N-dealkylation sites (tertiary alicyclic amines) is 1. The summed E-state index contributed by atoms with van der Waals surface area (Å²) in [5.41, 5.74) is 3.46. The van der Waals surface area contributed by atoms with E-state index in [2.05, 4.69) is 5.48 Å². The zero-order valence-electron chi connectivity index (χ0n) is 20.6. The van der Waals surface area contributed by atoms with Gasteiger partial charge in [-0.2, -0.15) is 0 Å². The van der Waals surface area contributed by atoms with Crippen LogP contribution in [0.4, 0.5) is 0 Å². The molecule has 1 saturated heterocycles. The number of carbonyl (C=O) groups is 2. The summed E-state index contributed by atoms with van der Waals surface area (Å²) in [5, 5.41) is 50.2. The van der Waals surface area contributed by atoms with Crippen molar-refractivity contribution >= 4 is 11.8 Å². The first-order chi connectivity index (χ1) is 16.6. The van der Waals surface area contributed by atoms with Crippen molar-refractivity contribution in [2.24, 2.45) is 0 Å². The van der Waals surface area contributed by atoms with Crippen molar-refractivity contribution in [2.75, 3.05) is 32.8 Å². The van der Waals surface area contributed by atoms with Crippen LogP contribution in [0.3, 0.4) is 0 Å². The number of amides is 2. The van der Waals surface area contributed by atoms with E-state index in [1.165, 1.54) is 11.0 Å². The third-order valence-electron chi connectivity index (χ3n) is 5.90. The Labute approximate surface area is 205 Å². The molecule has 1 fully saturated rings. The van der Waals surface area contributed by atoms with Crippen LogP contribution in [-0.2, 0) is 4.84 Å². The second-order valence-corrected chi connectivity index (χ2v) is 9.02. The minimum absolute atomic E-state index is 0.142. The van der Waals surface area contributed by atoms with Crippen molar-refractivity contribution in [1.82, 2.24) is 15.3 Å². The Balaban J connectivity index is 1.93. The highest BCUT2D eigenvalue weighted by Crippen LogP contribution is 2.17. The lowest BCUT2D eigenvalue weighted by Gasteiger charge is -2.31. The summed E-state index contributed by atoms with van der Waals surface area (Å²) in [6, 6.07) is 4.78. The van der Waals surface area contributed by atoms with Crippen LogP contribution in [0.5, 0.6) is 0 Å². The molecule has 1 aromatic carbocycles. The molecule has 5 atom stereocenters. The van der Waals surface area contributed by atoms with Gasteiger partial charge in [-0.25, -0.2) is 5.48 Å². The van der Waals surface area contributed by atoms with Gasteiger partial charge in [0.1, 0.15) is 31.1 Å². The fourth-order valence-corrected chi connectivity index (χ4v) is 4.05. The van der Waals surface area contributed by atoms with Gasteiger partial charge in [-0.15, -0.1) is 0 Å². The molecule has 0 saturated carbocycles. The average molecular weight is 498 g/mol. The predicted octanol–water partition coefficient (Wildman–Crippen LogP) is -0.614. The van der Waals surface area contributed by atoms with E-state index < -0.39 is 43.2 Å². The van der Waals surface area contributed by atoms with Crippen molar-refractivity contribution in [3.63, 3.8) is 0 Å². The average Bonchev–Trinajstić information content (AvgIpc) is 3.27. The molecule has 0 spiro atoms.